The number of unbranched alkanes of at least 4 members (excludes halogenated alkanes) is 3. The van der Waals surface area contributed by atoms with Gasteiger partial charge < -0.3 is 23.7 Å². The van der Waals surface area contributed by atoms with Crippen molar-refractivity contribution in [2.45, 2.75) is 72.1 Å². The van der Waals surface area contributed by atoms with Crippen molar-refractivity contribution in [3.63, 3.8) is 0 Å². The molecular formula is C53H60N2O7. The molecule has 9 nitrogen and oxygen atoms in total. The zero-order valence-electron chi connectivity index (χ0n) is 36.7. The Morgan fingerprint density at radius 3 is 2.02 bits per heavy atom. The highest BCUT2D eigenvalue weighted by Gasteiger charge is 2.36. The molecule has 0 amide bonds. The van der Waals surface area contributed by atoms with Gasteiger partial charge in [-0.25, -0.2) is 4.79 Å². The summed E-state index contributed by atoms with van der Waals surface area (Å²) in [4.78, 5) is 23.1. The number of esters is 1. The van der Waals surface area contributed by atoms with Crippen molar-refractivity contribution < 1.29 is 33.3 Å². The molecule has 1 saturated heterocycles. The summed E-state index contributed by atoms with van der Waals surface area (Å²) in [5, 5.41) is 9.04. The van der Waals surface area contributed by atoms with Gasteiger partial charge in [0, 0.05) is 40.7 Å². The number of fused-ring (bicyclic) bond motifs is 3. The average Bonchev–Trinajstić information content (AvgIpc) is 3.61. The van der Waals surface area contributed by atoms with Crippen molar-refractivity contribution in [2.75, 3.05) is 46.8 Å². The number of nitrogens with zero attached hydrogens (tertiary/aromatic N) is 2. The number of carbonyl (C=O) groups excluding carboxylic acids is 2. The second kappa shape index (κ2) is 23.4. The van der Waals surface area contributed by atoms with E-state index in [1.54, 1.807) is 19.4 Å². The van der Waals surface area contributed by atoms with Crippen LogP contribution in [0.2, 0.25) is 0 Å². The first-order valence-corrected chi connectivity index (χ1v) is 21.9. The summed E-state index contributed by atoms with van der Waals surface area (Å²) in [6.45, 7) is 10.7. The Labute approximate surface area is 367 Å². The molecule has 62 heavy (non-hydrogen) atoms. The molecule has 0 unspecified atom stereocenters. The third-order valence-corrected chi connectivity index (χ3v) is 11.4. The molecule has 7 rings (SSSR count). The smallest absolute Gasteiger partial charge is 0.338 e. The van der Waals surface area contributed by atoms with E-state index in [9.17, 15) is 9.59 Å². The van der Waals surface area contributed by atoms with Gasteiger partial charge in [-0.1, -0.05) is 93.4 Å². The van der Waals surface area contributed by atoms with Crippen LogP contribution in [0.4, 0.5) is 0 Å². The Balaban J connectivity index is 0.000000230. The minimum absolute atomic E-state index is 0.286. The second-order valence-corrected chi connectivity index (χ2v) is 16.0. The van der Waals surface area contributed by atoms with E-state index in [1.807, 2.05) is 85.8 Å². The van der Waals surface area contributed by atoms with Crippen LogP contribution in [-0.2, 0) is 27.1 Å². The molecule has 2 aliphatic rings. The molecule has 0 N–H and O–H groups in total. The van der Waals surface area contributed by atoms with Gasteiger partial charge in [0.25, 0.3) is 0 Å². The Morgan fingerprint density at radius 2 is 1.40 bits per heavy atom. The van der Waals surface area contributed by atoms with Crippen LogP contribution in [0.1, 0.15) is 106 Å². The summed E-state index contributed by atoms with van der Waals surface area (Å²) < 4.78 is 27.9. The lowest BCUT2D eigenvalue weighted by atomic mass is 9.84. The molecule has 1 heterocycles. The van der Waals surface area contributed by atoms with Crippen LogP contribution in [0, 0.1) is 12.3 Å². The molecule has 324 valence electrons. The van der Waals surface area contributed by atoms with E-state index in [2.05, 4.69) is 48.3 Å². The van der Waals surface area contributed by atoms with E-state index in [4.69, 9.17) is 23.7 Å². The minimum Gasteiger partial charge on any atom is -0.496 e. The molecule has 9 heteroatoms. The minimum atomic E-state index is -0.309. The molecule has 1 fully saturated rings. The Kier molecular flexibility index (Phi) is 17.2. The predicted molar refractivity (Wildman–Crippen MR) is 247 cm³/mol. The van der Waals surface area contributed by atoms with Crippen molar-refractivity contribution in [1.29, 1.82) is 0 Å². The molecule has 0 aromatic heterocycles. The number of rotatable bonds is 21. The lowest BCUT2D eigenvalue weighted by Crippen LogP contribution is -2.45. The summed E-state index contributed by atoms with van der Waals surface area (Å²) in [6.07, 6.45) is 10.8. The van der Waals surface area contributed by atoms with Gasteiger partial charge in [0.2, 0.25) is 0 Å². The van der Waals surface area contributed by atoms with Crippen molar-refractivity contribution in [3.8, 4) is 22.6 Å². The van der Waals surface area contributed by atoms with E-state index in [-0.39, 0.29) is 12.6 Å². The summed E-state index contributed by atoms with van der Waals surface area (Å²) in [5.41, 5.74) is 11.0. The Hall–Kier alpha value is -5.90. The standard InChI is InChI=1S/C33H30N2O3.C20H30O4/c1-3-8-23-13-16-25(17-14-23)33(36)38-20-19-24-15-18-31(37-2)26(21-24)22-34-35-32-29-11-6-4-9-27(29)28-10-5-7-12-30(28)32;1-3-20(15-23-16-20)14-22-10-6-4-5-7-11-24-19-9-8-18(13-21)12-17(19)2/h4-7,9-18,21-22H,3,8,19-20H2,1-2H3;8-9,12-13H,3-7,10-11,14-16H2,1-2H3/b34-22+;. The highest BCUT2D eigenvalue weighted by atomic mass is 16.5. The molecular weight excluding hydrogens is 777 g/mol. The highest BCUT2D eigenvalue weighted by Crippen LogP contribution is 2.37. The molecule has 0 radical (unpaired) electrons. The van der Waals surface area contributed by atoms with Gasteiger partial charge in [-0.3, -0.25) is 4.79 Å². The number of benzene rings is 5. The van der Waals surface area contributed by atoms with Crippen LogP contribution in [0.5, 0.6) is 11.5 Å². The normalized spacial score (nSPS) is 13.3. The lowest BCUT2D eigenvalue weighted by molar-refractivity contribution is -0.150. The van der Waals surface area contributed by atoms with Crippen molar-refractivity contribution in [1.82, 2.24) is 0 Å². The molecule has 0 spiro atoms. The molecule has 1 aliphatic carbocycles. The number of aryl methyl sites for hydroxylation is 2. The summed E-state index contributed by atoms with van der Waals surface area (Å²) in [7, 11) is 1.63. The average molecular weight is 837 g/mol. The number of hydrogen-bond acceptors (Lipinski definition) is 9. The molecule has 5 aromatic rings. The van der Waals surface area contributed by atoms with Gasteiger partial charge in [-0.2, -0.15) is 5.10 Å². The maximum Gasteiger partial charge on any atom is 0.338 e. The monoisotopic (exact) mass is 836 g/mol. The van der Waals surface area contributed by atoms with Crippen molar-refractivity contribution in [3.05, 3.63) is 154 Å². The number of carbonyl (C=O) groups is 2. The van der Waals surface area contributed by atoms with Gasteiger partial charge in [-0.15, -0.1) is 5.10 Å². The number of hydrogen-bond donors (Lipinski definition) is 0. The predicted octanol–water partition coefficient (Wildman–Crippen LogP) is 11.1. The fourth-order valence-corrected chi connectivity index (χ4v) is 7.55. The Bertz CT molecular complexity index is 2240. The SMILES string of the molecule is CCC1(COCCCCCCOc2ccc(C=O)cc2C)COC1.CCCc1ccc(C(=O)OCCc2ccc(OC)c(/C=N/N=C3c4ccccc4-c4ccccc43)c2)cc1. The maximum absolute atomic E-state index is 12.4. The van der Waals surface area contributed by atoms with Gasteiger partial charge in [0.05, 0.1) is 51.9 Å². The fourth-order valence-electron chi connectivity index (χ4n) is 7.55. The number of methoxy groups -OCH3 is 1. The van der Waals surface area contributed by atoms with E-state index >= 15 is 0 Å². The van der Waals surface area contributed by atoms with Crippen molar-refractivity contribution in [2.24, 2.45) is 15.6 Å². The summed E-state index contributed by atoms with van der Waals surface area (Å²) in [5.74, 6) is 1.27. The fraction of sp³-hybridized carbons (Fsp3) is 0.358. The maximum atomic E-state index is 12.4. The number of aldehydes is 1. The van der Waals surface area contributed by atoms with Crippen LogP contribution in [-0.4, -0.2) is 70.9 Å². The van der Waals surface area contributed by atoms with E-state index in [1.165, 1.54) is 23.1 Å². The van der Waals surface area contributed by atoms with Gasteiger partial charge in [0.1, 0.15) is 23.5 Å². The molecule has 0 saturated carbocycles. The largest absolute Gasteiger partial charge is 0.496 e. The van der Waals surface area contributed by atoms with Gasteiger partial charge in [-0.05, 0) is 109 Å². The Morgan fingerprint density at radius 1 is 0.742 bits per heavy atom. The number of ether oxygens (including phenoxy) is 5. The van der Waals surface area contributed by atoms with E-state index in [0.29, 0.717) is 28.7 Å². The van der Waals surface area contributed by atoms with Crippen LogP contribution in [0.15, 0.2) is 119 Å². The van der Waals surface area contributed by atoms with Crippen LogP contribution in [0.25, 0.3) is 11.1 Å². The molecule has 5 aromatic carbocycles. The zero-order chi connectivity index (χ0) is 43.6. The van der Waals surface area contributed by atoms with Crippen LogP contribution < -0.4 is 9.47 Å². The van der Waals surface area contributed by atoms with Crippen LogP contribution in [0.3, 0.4) is 0 Å². The molecule has 0 atom stereocenters. The first-order chi connectivity index (χ1) is 30.4. The first-order valence-electron chi connectivity index (χ1n) is 21.9. The van der Waals surface area contributed by atoms with E-state index in [0.717, 1.165) is 117 Å². The quantitative estimate of drug-likeness (QED) is 0.0234. The summed E-state index contributed by atoms with van der Waals surface area (Å²) >= 11 is 0. The molecule has 1 aliphatic heterocycles. The third-order valence-electron chi connectivity index (χ3n) is 11.4. The van der Waals surface area contributed by atoms with Crippen molar-refractivity contribution >= 4 is 24.2 Å². The van der Waals surface area contributed by atoms with Crippen LogP contribution >= 0.6 is 0 Å². The molecule has 0 bridgehead atoms. The van der Waals surface area contributed by atoms with Gasteiger partial charge >= 0.3 is 5.97 Å². The topological polar surface area (TPSA) is 105 Å². The third kappa shape index (κ3) is 12.4. The van der Waals surface area contributed by atoms with Gasteiger partial charge in [0.15, 0.2) is 0 Å². The lowest BCUT2D eigenvalue weighted by Gasteiger charge is -2.40. The van der Waals surface area contributed by atoms with E-state index < -0.39 is 0 Å². The summed E-state index contributed by atoms with van der Waals surface area (Å²) in [6, 6.07) is 35.5. The zero-order valence-corrected chi connectivity index (χ0v) is 36.7. The first kappa shape index (κ1) is 45.6. The second-order valence-electron chi connectivity index (χ2n) is 16.0. The highest BCUT2D eigenvalue weighted by molar-refractivity contribution is 6.24.